The van der Waals surface area contributed by atoms with Gasteiger partial charge in [0, 0.05) is 17.8 Å². The Bertz CT molecular complexity index is 1880. The molecule has 0 bridgehead atoms. The zero-order chi connectivity index (χ0) is 26.2. The molecule has 0 amide bonds. The molecule has 0 atom stereocenters. The highest BCUT2D eigenvalue weighted by molar-refractivity contribution is 7.07. The molecule has 0 N–H and O–H groups in total. The number of rotatable bonds is 5. The summed E-state index contributed by atoms with van der Waals surface area (Å²) in [6.45, 7) is 3.95. The lowest BCUT2D eigenvalue weighted by molar-refractivity contribution is 0.622. The molecule has 3 aromatic heterocycles. The molecule has 3 aromatic carbocycles. The predicted molar refractivity (Wildman–Crippen MR) is 153 cm³/mol. The van der Waals surface area contributed by atoms with E-state index in [1.807, 2.05) is 109 Å². The average molecular weight is 520 g/mol. The Labute approximate surface area is 222 Å². The zero-order valence-electron chi connectivity index (χ0n) is 21.2. The van der Waals surface area contributed by atoms with Crippen LogP contribution in [0.25, 0.3) is 28.1 Å². The van der Waals surface area contributed by atoms with Gasteiger partial charge in [-0.05, 0) is 43.7 Å². The second-order valence-corrected chi connectivity index (χ2v) is 9.88. The van der Waals surface area contributed by atoms with Gasteiger partial charge in [-0.1, -0.05) is 66.2 Å². The summed E-state index contributed by atoms with van der Waals surface area (Å²) < 4.78 is 11.3. The maximum atomic E-state index is 13.5. The SMILES string of the molecule is Cc1ccc(C=Nn2c(-c3cc4ccccc4o3)csc2=Nc2c(C)n(C)n(-c3ccccc3)c2=O)cc1. The molecule has 0 saturated carbocycles. The van der Waals surface area contributed by atoms with Crippen molar-refractivity contribution in [3.63, 3.8) is 0 Å². The predicted octanol–water partition coefficient (Wildman–Crippen LogP) is 6.18. The van der Waals surface area contributed by atoms with E-state index in [-0.39, 0.29) is 5.56 Å². The Kier molecular flexibility index (Phi) is 6.01. The lowest BCUT2D eigenvalue weighted by Gasteiger charge is -2.07. The van der Waals surface area contributed by atoms with Crippen molar-refractivity contribution >= 4 is 34.2 Å². The number of hydrogen-bond donors (Lipinski definition) is 0. The minimum Gasteiger partial charge on any atom is -0.454 e. The van der Waals surface area contributed by atoms with Gasteiger partial charge in [0.25, 0.3) is 5.56 Å². The van der Waals surface area contributed by atoms with E-state index in [2.05, 4.69) is 6.92 Å². The molecule has 7 nitrogen and oxygen atoms in total. The van der Waals surface area contributed by atoms with Crippen molar-refractivity contribution in [2.75, 3.05) is 0 Å². The molecule has 0 unspecified atom stereocenters. The van der Waals surface area contributed by atoms with Crippen molar-refractivity contribution in [1.29, 1.82) is 0 Å². The fraction of sp³-hybridized carbons (Fsp3) is 0.100. The molecule has 0 aliphatic heterocycles. The first-order valence-corrected chi connectivity index (χ1v) is 13.1. The van der Waals surface area contributed by atoms with Crippen LogP contribution in [-0.4, -0.2) is 20.3 Å². The largest absolute Gasteiger partial charge is 0.454 e. The van der Waals surface area contributed by atoms with Crippen LogP contribution >= 0.6 is 11.3 Å². The molecular formula is C30H25N5O2S. The molecule has 38 heavy (non-hydrogen) atoms. The van der Waals surface area contributed by atoms with E-state index in [1.54, 1.807) is 15.6 Å². The number of aromatic nitrogens is 3. The number of aryl methyl sites for hydroxylation is 1. The molecule has 8 heteroatoms. The summed E-state index contributed by atoms with van der Waals surface area (Å²) in [7, 11) is 1.86. The van der Waals surface area contributed by atoms with Crippen molar-refractivity contribution in [2.45, 2.75) is 13.8 Å². The second-order valence-electron chi connectivity index (χ2n) is 9.04. The molecule has 0 spiro atoms. The van der Waals surface area contributed by atoms with E-state index < -0.39 is 0 Å². The fourth-order valence-corrected chi connectivity index (χ4v) is 5.15. The van der Waals surface area contributed by atoms with Crippen LogP contribution in [0, 0.1) is 13.8 Å². The van der Waals surface area contributed by atoms with E-state index in [0.29, 0.717) is 16.2 Å². The Hall–Kier alpha value is -4.69. The number of nitrogens with zero attached hydrogens (tertiary/aromatic N) is 5. The van der Waals surface area contributed by atoms with E-state index in [9.17, 15) is 4.79 Å². The summed E-state index contributed by atoms with van der Waals surface area (Å²) in [6, 6.07) is 27.6. The van der Waals surface area contributed by atoms with Gasteiger partial charge in [-0.2, -0.15) is 5.10 Å². The molecule has 0 aliphatic rings. The van der Waals surface area contributed by atoms with Crippen LogP contribution in [0.4, 0.5) is 5.69 Å². The first kappa shape index (κ1) is 23.7. The smallest absolute Gasteiger partial charge is 0.297 e. The number of furan rings is 1. The molecule has 0 radical (unpaired) electrons. The minimum absolute atomic E-state index is 0.191. The van der Waals surface area contributed by atoms with Crippen LogP contribution in [0.3, 0.4) is 0 Å². The van der Waals surface area contributed by atoms with Gasteiger partial charge < -0.3 is 4.42 Å². The first-order valence-electron chi connectivity index (χ1n) is 12.2. The third kappa shape index (κ3) is 4.25. The van der Waals surface area contributed by atoms with Crippen LogP contribution in [0.1, 0.15) is 16.8 Å². The van der Waals surface area contributed by atoms with Crippen molar-refractivity contribution in [3.8, 4) is 17.1 Å². The molecule has 0 fully saturated rings. The Morgan fingerprint density at radius 2 is 1.66 bits per heavy atom. The quantitative estimate of drug-likeness (QED) is 0.255. The highest BCUT2D eigenvalue weighted by Crippen LogP contribution is 2.28. The van der Waals surface area contributed by atoms with Crippen molar-refractivity contribution < 1.29 is 4.42 Å². The van der Waals surface area contributed by atoms with Crippen LogP contribution in [0.2, 0.25) is 0 Å². The van der Waals surface area contributed by atoms with Gasteiger partial charge in [0.2, 0.25) is 4.80 Å². The van der Waals surface area contributed by atoms with E-state index in [0.717, 1.165) is 33.6 Å². The molecular weight excluding hydrogens is 494 g/mol. The summed E-state index contributed by atoms with van der Waals surface area (Å²) in [4.78, 5) is 18.9. The number of thiazole rings is 1. The van der Waals surface area contributed by atoms with Gasteiger partial charge in [-0.15, -0.1) is 11.3 Å². The lowest BCUT2D eigenvalue weighted by Crippen LogP contribution is -2.19. The third-order valence-corrected chi connectivity index (χ3v) is 7.31. The van der Waals surface area contributed by atoms with Crippen LogP contribution in [0.15, 0.2) is 110 Å². The number of hydrogen-bond acceptors (Lipinski definition) is 5. The summed E-state index contributed by atoms with van der Waals surface area (Å²) >= 11 is 1.41. The topological polar surface area (TPSA) is 69.7 Å². The van der Waals surface area contributed by atoms with Crippen molar-refractivity contribution in [1.82, 2.24) is 14.0 Å². The number of benzene rings is 3. The van der Waals surface area contributed by atoms with Crippen molar-refractivity contribution in [2.24, 2.45) is 17.1 Å². The molecule has 3 heterocycles. The molecule has 0 saturated heterocycles. The first-order chi connectivity index (χ1) is 18.5. The van der Waals surface area contributed by atoms with E-state index >= 15 is 0 Å². The highest BCUT2D eigenvalue weighted by Gasteiger charge is 2.18. The van der Waals surface area contributed by atoms with Crippen molar-refractivity contribution in [3.05, 3.63) is 122 Å². The Balaban J connectivity index is 1.54. The van der Waals surface area contributed by atoms with Gasteiger partial charge in [-0.25, -0.2) is 14.4 Å². The van der Waals surface area contributed by atoms with E-state index in [4.69, 9.17) is 14.5 Å². The zero-order valence-corrected chi connectivity index (χ0v) is 22.0. The van der Waals surface area contributed by atoms with Crippen LogP contribution in [0.5, 0.6) is 0 Å². The summed E-state index contributed by atoms with van der Waals surface area (Å²) in [5, 5.41) is 7.75. The van der Waals surface area contributed by atoms with Gasteiger partial charge in [0.05, 0.1) is 17.6 Å². The normalized spacial score (nSPS) is 12.2. The van der Waals surface area contributed by atoms with Gasteiger partial charge >= 0.3 is 0 Å². The third-order valence-electron chi connectivity index (χ3n) is 6.49. The Morgan fingerprint density at radius 3 is 2.42 bits per heavy atom. The summed E-state index contributed by atoms with van der Waals surface area (Å²) in [6.07, 6.45) is 1.79. The van der Waals surface area contributed by atoms with Crippen LogP contribution in [-0.2, 0) is 7.05 Å². The Morgan fingerprint density at radius 1 is 0.921 bits per heavy atom. The van der Waals surface area contributed by atoms with E-state index in [1.165, 1.54) is 16.9 Å². The highest BCUT2D eigenvalue weighted by atomic mass is 32.1. The molecule has 0 aliphatic carbocycles. The van der Waals surface area contributed by atoms with Gasteiger partial charge in [0.1, 0.15) is 11.3 Å². The number of para-hydroxylation sites is 2. The number of fused-ring (bicyclic) bond motifs is 1. The lowest BCUT2D eigenvalue weighted by atomic mass is 10.2. The fourth-order valence-electron chi connectivity index (χ4n) is 4.32. The standard InChI is InChI=1S/C30H25N5O2S/c1-20-13-15-22(16-14-20)18-31-34-25(27-17-23-9-7-8-12-26(23)37-27)19-38-30(34)32-28-21(2)33(3)35(29(28)36)24-10-5-4-6-11-24/h4-19H,1-3H3. The second kappa shape index (κ2) is 9.64. The minimum atomic E-state index is -0.191. The summed E-state index contributed by atoms with van der Waals surface area (Å²) in [5.41, 5.74) is 5.40. The van der Waals surface area contributed by atoms with Gasteiger partial charge in [0.15, 0.2) is 11.4 Å². The summed E-state index contributed by atoms with van der Waals surface area (Å²) in [5.74, 6) is 0.677. The van der Waals surface area contributed by atoms with Crippen LogP contribution < -0.4 is 10.4 Å². The molecule has 6 aromatic rings. The molecule has 188 valence electrons. The maximum Gasteiger partial charge on any atom is 0.297 e. The monoisotopic (exact) mass is 519 g/mol. The molecule has 6 rings (SSSR count). The average Bonchev–Trinajstić information content (AvgIpc) is 3.60. The van der Waals surface area contributed by atoms with Gasteiger partial charge in [-0.3, -0.25) is 9.48 Å². The maximum absolute atomic E-state index is 13.5.